The first-order chi connectivity index (χ1) is 18.9. The molecule has 2 aromatic carbocycles. The highest BCUT2D eigenvalue weighted by molar-refractivity contribution is 6.15. The maximum Gasteiger partial charge on any atom is 0.250 e. The normalized spacial score (nSPS) is 21.0. The number of pyridine rings is 1. The van der Waals surface area contributed by atoms with E-state index in [1.807, 2.05) is 29.7 Å². The first-order valence-corrected chi connectivity index (χ1v) is 13.9. The van der Waals surface area contributed by atoms with Gasteiger partial charge in [-0.05, 0) is 74.6 Å². The summed E-state index contributed by atoms with van der Waals surface area (Å²) >= 11 is 0. The van der Waals surface area contributed by atoms with Crippen LogP contribution in [0.2, 0.25) is 0 Å². The number of phenolic OH excluding ortho intramolecular Hbond substituents is 1. The number of piperidine rings is 1. The van der Waals surface area contributed by atoms with Crippen LogP contribution < -0.4 is 15.2 Å². The maximum atomic E-state index is 13.4. The molecule has 1 N–H and O–H groups in total. The summed E-state index contributed by atoms with van der Waals surface area (Å²) in [6.45, 7) is 10.8. The molecule has 7 nitrogen and oxygen atoms in total. The molecule has 1 fully saturated rings. The van der Waals surface area contributed by atoms with Gasteiger partial charge in [0.2, 0.25) is 5.78 Å². The van der Waals surface area contributed by atoms with Gasteiger partial charge < -0.3 is 19.3 Å². The van der Waals surface area contributed by atoms with E-state index in [9.17, 15) is 14.7 Å². The minimum atomic E-state index is -0.152. The van der Waals surface area contributed by atoms with E-state index in [2.05, 4.69) is 41.8 Å². The molecule has 0 spiro atoms. The van der Waals surface area contributed by atoms with Crippen LogP contribution >= 0.6 is 0 Å². The predicted octanol–water partition coefficient (Wildman–Crippen LogP) is 4.94. The topological polar surface area (TPSA) is 75.0 Å². The fourth-order valence-corrected chi connectivity index (χ4v) is 6.60. The van der Waals surface area contributed by atoms with Crippen LogP contribution in [0.5, 0.6) is 11.5 Å². The van der Waals surface area contributed by atoms with E-state index in [0.717, 1.165) is 56.1 Å². The fraction of sp³-hybridized carbons (Fsp3) is 0.375. The van der Waals surface area contributed by atoms with E-state index in [4.69, 9.17) is 4.74 Å². The number of benzene rings is 2. The number of hydrogen-bond donors (Lipinski definition) is 1. The van der Waals surface area contributed by atoms with Crippen LogP contribution in [-0.2, 0) is 13.1 Å². The third kappa shape index (κ3) is 4.55. The van der Waals surface area contributed by atoms with Crippen molar-refractivity contribution in [3.05, 3.63) is 92.6 Å². The van der Waals surface area contributed by atoms with E-state index in [1.54, 1.807) is 18.2 Å². The molecule has 0 radical (unpaired) electrons. The van der Waals surface area contributed by atoms with Crippen LogP contribution in [0.1, 0.15) is 58.9 Å². The van der Waals surface area contributed by atoms with E-state index in [1.165, 1.54) is 0 Å². The van der Waals surface area contributed by atoms with Gasteiger partial charge >= 0.3 is 0 Å². The number of rotatable bonds is 6. The number of anilines is 1. The first-order valence-electron chi connectivity index (χ1n) is 13.9. The zero-order valence-corrected chi connectivity index (χ0v) is 22.8. The third-order valence-corrected chi connectivity index (χ3v) is 8.48. The van der Waals surface area contributed by atoms with Crippen LogP contribution in [0.25, 0.3) is 6.08 Å². The molecular formula is C32H35N3O4. The summed E-state index contributed by atoms with van der Waals surface area (Å²) in [5.41, 5.74) is 5.08. The lowest BCUT2D eigenvalue weighted by molar-refractivity contribution is 0.101. The molecule has 2 atom stereocenters. The second-order valence-electron chi connectivity index (χ2n) is 11.0. The number of fused-ring (bicyclic) bond motifs is 5. The van der Waals surface area contributed by atoms with Gasteiger partial charge in [-0.15, -0.1) is 0 Å². The molecule has 0 aliphatic carbocycles. The van der Waals surface area contributed by atoms with Gasteiger partial charge in [-0.1, -0.05) is 18.2 Å². The Hall–Kier alpha value is -3.84. The molecule has 3 aliphatic rings. The Kier molecular flexibility index (Phi) is 6.55. The minimum Gasteiger partial charge on any atom is -0.507 e. The predicted molar refractivity (Wildman–Crippen MR) is 153 cm³/mol. The molecule has 1 aromatic heterocycles. The number of nitrogens with zero attached hydrogens (tertiary/aromatic N) is 3. The SMILES string of the molecule is CCN(CC)c1ccc(/C=C2/Oc3c(CN4C[C@@H]5C[C@H](C4)c4cccc(=O)n4C5)c(O)cc(C)c3C2=O)cc1. The first kappa shape index (κ1) is 25.4. The van der Waals surface area contributed by atoms with Gasteiger partial charge in [0.25, 0.3) is 5.56 Å². The van der Waals surface area contributed by atoms with E-state index >= 15 is 0 Å². The van der Waals surface area contributed by atoms with E-state index in [0.29, 0.717) is 34.9 Å². The van der Waals surface area contributed by atoms with Crippen LogP contribution in [0.15, 0.2) is 59.1 Å². The number of aromatic hydroxyl groups is 1. The summed E-state index contributed by atoms with van der Waals surface area (Å²) in [7, 11) is 0. The number of ether oxygens (including phenoxy) is 1. The summed E-state index contributed by atoms with van der Waals surface area (Å²) < 4.78 is 8.13. The van der Waals surface area contributed by atoms with Crippen molar-refractivity contribution in [1.82, 2.24) is 9.47 Å². The molecule has 1 saturated heterocycles. The number of phenols is 1. The Morgan fingerprint density at radius 1 is 1.05 bits per heavy atom. The summed E-state index contributed by atoms with van der Waals surface area (Å²) in [4.78, 5) is 30.4. The molecule has 3 aromatic rings. The number of aromatic nitrogens is 1. The second-order valence-corrected chi connectivity index (χ2v) is 11.0. The molecule has 2 bridgehead atoms. The highest BCUT2D eigenvalue weighted by Crippen LogP contribution is 2.44. The molecule has 7 heteroatoms. The van der Waals surface area contributed by atoms with Crippen molar-refractivity contribution in [3.8, 4) is 11.5 Å². The van der Waals surface area contributed by atoms with Gasteiger partial charge in [-0.25, -0.2) is 0 Å². The number of carbonyl (C=O) groups is 1. The Labute approximate surface area is 228 Å². The van der Waals surface area contributed by atoms with E-state index in [-0.39, 0.29) is 28.8 Å². The van der Waals surface area contributed by atoms with E-state index < -0.39 is 0 Å². The van der Waals surface area contributed by atoms with Crippen molar-refractivity contribution in [2.45, 2.75) is 46.2 Å². The van der Waals surface area contributed by atoms with Crippen molar-refractivity contribution >= 4 is 17.5 Å². The molecule has 3 aliphatic heterocycles. The van der Waals surface area contributed by atoms with Crippen LogP contribution in [0.3, 0.4) is 0 Å². The second kappa shape index (κ2) is 10.0. The fourth-order valence-electron chi connectivity index (χ4n) is 6.60. The monoisotopic (exact) mass is 525 g/mol. The summed E-state index contributed by atoms with van der Waals surface area (Å²) in [6.07, 6.45) is 2.85. The number of aryl methyl sites for hydroxylation is 1. The van der Waals surface area contributed by atoms with Crippen molar-refractivity contribution in [3.63, 3.8) is 0 Å². The van der Waals surface area contributed by atoms with Gasteiger partial charge in [-0.3, -0.25) is 14.5 Å². The third-order valence-electron chi connectivity index (χ3n) is 8.48. The Balaban J connectivity index is 1.27. The number of likely N-dealkylation sites (tertiary alicyclic amines) is 1. The number of Topliss-reactive ketones (excluding diaryl/α,β-unsaturated/α-hetero) is 1. The summed E-state index contributed by atoms with van der Waals surface area (Å²) in [5, 5.41) is 11.0. The van der Waals surface area contributed by atoms with Crippen molar-refractivity contribution < 1.29 is 14.6 Å². The molecule has 0 saturated carbocycles. The molecule has 6 rings (SSSR count). The molecule has 0 unspecified atom stereocenters. The quantitative estimate of drug-likeness (QED) is 0.460. The standard InChI is InChI=1S/C32H35N3O4/c1-4-34(5-2)24-11-9-21(10-12-24)15-28-31(38)30-20(3)13-27(36)25(32(30)39-28)19-33-16-22-14-23(18-33)26-7-6-8-29(37)35(26)17-22/h6-13,15,22-23,36H,4-5,14,16-19H2,1-3H3/b28-15+/t22-,23+/m0/s1. The summed E-state index contributed by atoms with van der Waals surface area (Å²) in [5.74, 6) is 1.38. The lowest BCUT2D eigenvalue weighted by Gasteiger charge is -2.43. The number of carbonyl (C=O) groups excluding carboxylic acids is 1. The average molecular weight is 526 g/mol. The molecule has 202 valence electrons. The zero-order chi connectivity index (χ0) is 27.3. The van der Waals surface area contributed by atoms with Gasteiger partial charge in [-0.2, -0.15) is 0 Å². The number of allylic oxidation sites excluding steroid dienone is 1. The van der Waals surface area contributed by atoms with Crippen LogP contribution in [0.4, 0.5) is 5.69 Å². The molecular weight excluding hydrogens is 490 g/mol. The van der Waals surface area contributed by atoms with Crippen molar-refractivity contribution in [2.75, 3.05) is 31.1 Å². The number of hydrogen-bond acceptors (Lipinski definition) is 6. The highest BCUT2D eigenvalue weighted by Gasteiger charge is 2.37. The average Bonchev–Trinajstić information content (AvgIpc) is 3.25. The van der Waals surface area contributed by atoms with Gasteiger partial charge in [0.1, 0.15) is 11.5 Å². The maximum absolute atomic E-state index is 13.4. The number of ketones is 1. The highest BCUT2D eigenvalue weighted by atomic mass is 16.5. The van der Waals surface area contributed by atoms with Gasteiger partial charge in [0.15, 0.2) is 5.76 Å². The Morgan fingerprint density at radius 2 is 1.82 bits per heavy atom. The largest absolute Gasteiger partial charge is 0.507 e. The van der Waals surface area contributed by atoms with Crippen molar-refractivity contribution in [2.24, 2.45) is 5.92 Å². The zero-order valence-electron chi connectivity index (χ0n) is 22.8. The van der Waals surface area contributed by atoms with Gasteiger partial charge in [0, 0.05) is 62.6 Å². The summed E-state index contributed by atoms with van der Waals surface area (Å²) in [6, 6.07) is 15.3. The molecule has 0 amide bonds. The Morgan fingerprint density at radius 3 is 2.56 bits per heavy atom. The lowest BCUT2D eigenvalue weighted by atomic mass is 9.83. The van der Waals surface area contributed by atoms with Crippen LogP contribution in [-0.4, -0.2) is 46.5 Å². The molecule has 39 heavy (non-hydrogen) atoms. The Bertz CT molecular complexity index is 1520. The van der Waals surface area contributed by atoms with Crippen molar-refractivity contribution in [1.29, 1.82) is 0 Å². The van der Waals surface area contributed by atoms with Crippen LogP contribution in [0, 0.1) is 12.8 Å². The smallest absolute Gasteiger partial charge is 0.250 e. The minimum absolute atomic E-state index is 0.0681. The lowest BCUT2D eigenvalue weighted by Crippen LogP contribution is -2.46. The molecule has 4 heterocycles. The van der Waals surface area contributed by atoms with Gasteiger partial charge in [0.05, 0.1) is 11.1 Å².